The van der Waals surface area contributed by atoms with E-state index < -0.39 is 12.0 Å². The number of ether oxygens (including phenoxy) is 1. The number of aliphatic imine (C=N–C) groups is 1. The highest BCUT2D eigenvalue weighted by atomic mass is 16.5. The summed E-state index contributed by atoms with van der Waals surface area (Å²) in [5.41, 5.74) is 3.83. The first-order valence-corrected chi connectivity index (χ1v) is 10.2. The second-order valence-corrected chi connectivity index (χ2v) is 8.14. The second kappa shape index (κ2) is 7.93. The van der Waals surface area contributed by atoms with Gasteiger partial charge in [-0.2, -0.15) is 0 Å². The summed E-state index contributed by atoms with van der Waals surface area (Å²) in [5.74, 6) is 0.537. The van der Waals surface area contributed by atoms with E-state index in [1.54, 1.807) is 18.2 Å². The number of hydrogen-bond acceptors (Lipinski definition) is 5. The van der Waals surface area contributed by atoms with Gasteiger partial charge in [-0.25, -0.2) is 14.6 Å². The van der Waals surface area contributed by atoms with Crippen molar-refractivity contribution in [1.29, 1.82) is 0 Å². The third-order valence-corrected chi connectivity index (χ3v) is 6.07. The molecule has 1 aromatic carbocycles. The van der Waals surface area contributed by atoms with E-state index in [-0.39, 0.29) is 23.9 Å². The molecule has 2 heterocycles. The van der Waals surface area contributed by atoms with Crippen LogP contribution in [0.4, 0.5) is 10.5 Å². The number of nitrogens with zero attached hydrogens (tertiary/aromatic N) is 3. The largest absolute Gasteiger partial charge is 0.467 e. The molecular formula is C22H27N5O3. The van der Waals surface area contributed by atoms with Crippen LogP contribution in [0.15, 0.2) is 41.2 Å². The highest BCUT2D eigenvalue weighted by molar-refractivity contribution is 6.17. The minimum atomic E-state index is -0.695. The van der Waals surface area contributed by atoms with Crippen LogP contribution in [0.5, 0.6) is 0 Å². The first kappa shape index (κ1) is 20.1. The number of anilines is 1. The van der Waals surface area contributed by atoms with E-state index in [0.29, 0.717) is 5.84 Å². The quantitative estimate of drug-likeness (QED) is 0.597. The van der Waals surface area contributed by atoms with Gasteiger partial charge in [0.2, 0.25) is 0 Å². The van der Waals surface area contributed by atoms with Gasteiger partial charge < -0.3 is 9.72 Å². The zero-order valence-corrected chi connectivity index (χ0v) is 17.7. The van der Waals surface area contributed by atoms with Crippen LogP contribution in [0.2, 0.25) is 0 Å². The molecule has 8 heteroatoms. The maximum Gasteiger partial charge on any atom is 0.330 e. The number of carbonyl (C=O) groups is 2. The number of rotatable bonds is 4. The van der Waals surface area contributed by atoms with Gasteiger partial charge in [0, 0.05) is 5.69 Å². The fourth-order valence-electron chi connectivity index (χ4n) is 4.54. The molecule has 1 fully saturated rings. The molecule has 2 aliphatic rings. The van der Waals surface area contributed by atoms with Gasteiger partial charge in [-0.3, -0.25) is 15.2 Å². The summed E-state index contributed by atoms with van der Waals surface area (Å²) >= 11 is 0. The lowest BCUT2D eigenvalue weighted by Crippen LogP contribution is -2.44. The van der Waals surface area contributed by atoms with Gasteiger partial charge in [-0.1, -0.05) is 18.6 Å². The molecular weight excluding hydrogens is 382 g/mol. The number of aromatic amines is 1. The standard InChI is InChI=1S/C22H27N5O3/c1-12-5-7-16(13(2)9-12)19-20(25-14(3)21(28)30-4)26-22(29)27(19)15-6-8-17-18(10-15)24-11-23-17/h6,8-11,13-14,16,19H,5,7H2,1-4H3,(H,23,24)(H,25,26,29). The Balaban J connectivity index is 1.77. The van der Waals surface area contributed by atoms with Gasteiger partial charge in [-0.15, -0.1) is 0 Å². The Hall–Kier alpha value is -3.16. The topological polar surface area (TPSA) is 99.7 Å². The minimum Gasteiger partial charge on any atom is -0.467 e. The molecule has 4 rings (SSSR count). The number of allylic oxidation sites excluding steroid dienone is 2. The summed E-state index contributed by atoms with van der Waals surface area (Å²) in [6.45, 7) is 5.99. The number of hydrogen-bond donors (Lipinski definition) is 2. The van der Waals surface area contributed by atoms with Crippen molar-refractivity contribution < 1.29 is 14.3 Å². The minimum absolute atomic E-state index is 0.175. The van der Waals surface area contributed by atoms with E-state index >= 15 is 0 Å². The van der Waals surface area contributed by atoms with E-state index in [1.165, 1.54) is 12.7 Å². The smallest absolute Gasteiger partial charge is 0.330 e. The van der Waals surface area contributed by atoms with Crippen LogP contribution in [0.1, 0.15) is 33.6 Å². The molecule has 0 radical (unpaired) electrons. The molecule has 8 nitrogen and oxygen atoms in total. The predicted molar refractivity (Wildman–Crippen MR) is 115 cm³/mol. The molecule has 4 unspecified atom stereocenters. The fourth-order valence-corrected chi connectivity index (χ4v) is 4.54. The first-order valence-electron chi connectivity index (χ1n) is 10.2. The van der Waals surface area contributed by atoms with Crippen molar-refractivity contribution in [2.24, 2.45) is 16.8 Å². The molecule has 2 aromatic rings. The summed E-state index contributed by atoms with van der Waals surface area (Å²) < 4.78 is 4.82. The van der Waals surface area contributed by atoms with E-state index in [9.17, 15) is 9.59 Å². The van der Waals surface area contributed by atoms with Crippen LogP contribution in [0.25, 0.3) is 11.0 Å². The van der Waals surface area contributed by atoms with Crippen molar-refractivity contribution in [1.82, 2.24) is 15.3 Å². The number of imidazole rings is 1. The lowest BCUT2D eigenvalue weighted by Gasteiger charge is -2.36. The van der Waals surface area contributed by atoms with Crippen LogP contribution in [-0.4, -0.2) is 47.0 Å². The van der Waals surface area contributed by atoms with E-state index in [1.807, 2.05) is 18.2 Å². The highest BCUT2D eigenvalue weighted by Crippen LogP contribution is 2.37. The van der Waals surface area contributed by atoms with Crippen molar-refractivity contribution in [3.05, 3.63) is 36.2 Å². The number of amidine groups is 1. The van der Waals surface area contributed by atoms with Gasteiger partial charge >= 0.3 is 12.0 Å². The number of methoxy groups -OCH3 is 1. The average Bonchev–Trinajstić information content (AvgIpc) is 3.30. The lowest BCUT2D eigenvalue weighted by atomic mass is 9.77. The molecule has 0 spiro atoms. The molecule has 158 valence electrons. The summed E-state index contributed by atoms with van der Waals surface area (Å²) in [5, 5.41) is 2.92. The molecule has 2 N–H and O–H groups in total. The van der Waals surface area contributed by atoms with Crippen molar-refractivity contribution in [3.63, 3.8) is 0 Å². The Bertz CT molecular complexity index is 1040. The van der Waals surface area contributed by atoms with Gasteiger partial charge in [0.15, 0.2) is 0 Å². The fraction of sp³-hybridized carbons (Fsp3) is 0.455. The normalized spacial score (nSPS) is 26.6. The first-order chi connectivity index (χ1) is 14.4. The number of benzene rings is 1. The number of H-pyrrole nitrogens is 1. The molecule has 1 aromatic heterocycles. The average molecular weight is 409 g/mol. The third-order valence-electron chi connectivity index (χ3n) is 6.07. The number of fused-ring (bicyclic) bond motifs is 1. The zero-order chi connectivity index (χ0) is 21.4. The molecule has 0 bridgehead atoms. The van der Waals surface area contributed by atoms with Crippen molar-refractivity contribution in [2.45, 2.75) is 45.7 Å². The van der Waals surface area contributed by atoms with Gasteiger partial charge in [-0.05, 0) is 56.7 Å². The Labute approximate surface area is 175 Å². The molecule has 1 aliphatic carbocycles. The second-order valence-electron chi connectivity index (χ2n) is 8.14. The summed E-state index contributed by atoms with van der Waals surface area (Å²) in [7, 11) is 1.34. The Morgan fingerprint density at radius 2 is 2.20 bits per heavy atom. The molecule has 0 saturated carbocycles. The Morgan fingerprint density at radius 1 is 1.40 bits per heavy atom. The van der Waals surface area contributed by atoms with Crippen molar-refractivity contribution in [3.8, 4) is 0 Å². The lowest BCUT2D eigenvalue weighted by molar-refractivity contribution is -0.141. The monoisotopic (exact) mass is 409 g/mol. The molecule has 1 aliphatic heterocycles. The van der Waals surface area contributed by atoms with Crippen LogP contribution < -0.4 is 10.2 Å². The maximum absolute atomic E-state index is 13.1. The summed E-state index contributed by atoms with van der Waals surface area (Å²) in [4.78, 5) is 38.7. The van der Waals surface area contributed by atoms with E-state index in [4.69, 9.17) is 4.74 Å². The molecule has 4 atom stereocenters. The predicted octanol–water partition coefficient (Wildman–Crippen LogP) is 3.41. The maximum atomic E-state index is 13.1. The number of aromatic nitrogens is 2. The summed E-state index contributed by atoms with van der Waals surface area (Å²) in [6, 6.07) is 4.50. The number of carbonyl (C=O) groups excluding carboxylic acids is 2. The summed E-state index contributed by atoms with van der Waals surface area (Å²) in [6.07, 6.45) is 5.83. The van der Waals surface area contributed by atoms with Crippen LogP contribution in [0, 0.1) is 11.8 Å². The molecule has 2 amide bonds. The van der Waals surface area contributed by atoms with Crippen molar-refractivity contribution >= 4 is 34.6 Å². The number of esters is 1. The van der Waals surface area contributed by atoms with Gasteiger partial charge in [0.25, 0.3) is 0 Å². The highest BCUT2D eigenvalue weighted by Gasteiger charge is 2.45. The SMILES string of the molecule is COC(=O)C(C)N=C1NC(=O)N(c2ccc3nc[nH]c3c2)C1C1CCC(C)=CC1C. The molecule has 30 heavy (non-hydrogen) atoms. The number of urea groups is 1. The number of amides is 2. The van der Waals surface area contributed by atoms with Crippen LogP contribution in [-0.2, 0) is 9.53 Å². The van der Waals surface area contributed by atoms with Crippen LogP contribution >= 0.6 is 0 Å². The van der Waals surface area contributed by atoms with E-state index in [2.05, 4.69) is 40.2 Å². The van der Waals surface area contributed by atoms with Crippen LogP contribution in [0.3, 0.4) is 0 Å². The Morgan fingerprint density at radius 3 is 2.93 bits per heavy atom. The zero-order valence-electron chi connectivity index (χ0n) is 17.7. The van der Waals surface area contributed by atoms with Crippen molar-refractivity contribution in [2.75, 3.05) is 12.0 Å². The molecule has 1 saturated heterocycles. The number of nitrogens with one attached hydrogen (secondary N) is 2. The van der Waals surface area contributed by atoms with Gasteiger partial charge in [0.05, 0.1) is 30.5 Å². The van der Waals surface area contributed by atoms with E-state index in [0.717, 1.165) is 29.6 Å². The third kappa shape index (κ3) is 3.58. The Kier molecular flexibility index (Phi) is 5.32. The van der Waals surface area contributed by atoms with Gasteiger partial charge in [0.1, 0.15) is 11.9 Å².